The maximum atomic E-state index is 12.4. The molecular weight excluding hydrogens is 392 g/mol. The lowest BCUT2D eigenvalue weighted by Crippen LogP contribution is -2.38. The number of carbonyl (C=O) groups excluding carboxylic acids is 2. The van der Waals surface area contributed by atoms with E-state index in [0.717, 1.165) is 42.6 Å². The molecule has 2 aromatic rings. The average molecular weight is 423 g/mol. The van der Waals surface area contributed by atoms with Gasteiger partial charge < -0.3 is 20.7 Å². The molecule has 0 atom stereocenters. The van der Waals surface area contributed by atoms with Crippen LogP contribution in [0.3, 0.4) is 0 Å². The summed E-state index contributed by atoms with van der Waals surface area (Å²) in [6.45, 7) is 4.66. The minimum atomic E-state index is -0.432. The zero-order valence-electron chi connectivity index (χ0n) is 18.1. The normalized spacial score (nSPS) is 14.1. The summed E-state index contributed by atoms with van der Waals surface area (Å²) in [5.41, 5.74) is 9.18. The number of nitrogens with one attached hydrogen (secondary N) is 2. The summed E-state index contributed by atoms with van der Waals surface area (Å²) in [6.07, 6.45) is 2.10. The molecule has 1 amide bonds. The quantitative estimate of drug-likeness (QED) is 0.361. The van der Waals surface area contributed by atoms with Crippen molar-refractivity contribution in [3.05, 3.63) is 59.2 Å². The molecule has 1 fully saturated rings. The highest BCUT2D eigenvalue weighted by Crippen LogP contribution is 2.25. The van der Waals surface area contributed by atoms with Crippen LogP contribution in [-0.4, -0.2) is 49.4 Å². The minimum absolute atomic E-state index is 0.0159. The lowest BCUT2D eigenvalue weighted by molar-refractivity contribution is -0.130. The molecule has 0 saturated carbocycles. The van der Waals surface area contributed by atoms with Crippen LogP contribution in [0.25, 0.3) is 11.1 Å². The number of methoxy groups -OCH3 is 1. The highest BCUT2D eigenvalue weighted by Gasteiger charge is 2.20. The summed E-state index contributed by atoms with van der Waals surface area (Å²) in [7, 11) is 1.35. The molecular formula is C24H30N4O3. The number of nitrogens with zero attached hydrogens (tertiary/aromatic N) is 1. The fourth-order valence-corrected chi connectivity index (χ4v) is 3.95. The van der Waals surface area contributed by atoms with Gasteiger partial charge in [-0.25, -0.2) is 4.79 Å². The molecule has 1 aliphatic rings. The monoisotopic (exact) mass is 422 g/mol. The van der Waals surface area contributed by atoms with E-state index in [9.17, 15) is 9.59 Å². The standard InChI is InChI=1S/C24H30N4O3/c1-16(29)28(14-17-6-8-27-9-7-17)15-18-10-21(13-22(11-18)24(30)31-2)19-4-3-5-20(12-19)23(25)26/h3-5,10-13,17,27H,6-9,14-15H2,1-2H3,(H3,25,26). The van der Waals surface area contributed by atoms with Crippen molar-refractivity contribution in [2.75, 3.05) is 26.7 Å². The average Bonchev–Trinajstić information content (AvgIpc) is 2.78. The van der Waals surface area contributed by atoms with Gasteiger partial charge in [-0.05, 0) is 72.8 Å². The van der Waals surface area contributed by atoms with E-state index in [1.807, 2.05) is 29.2 Å². The Morgan fingerprint density at radius 3 is 2.48 bits per heavy atom. The highest BCUT2D eigenvalue weighted by molar-refractivity contribution is 5.96. The summed E-state index contributed by atoms with van der Waals surface area (Å²) in [6, 6.07) is 12.8. The number of nitrogens with two attached hydrogens (primary N) is 1. The number of benzene rings is 2. The molecule has 0 aromatic heterocycles. The molecule has 7 nitrogen and oxygen atoms in total. The van der Waals surface area contributed by atoms with Crippen LogP contribution in [0.4, 0.5) is 0 Å². The van der Waals surface area contributed by atoms with E-state index in [-0.39, 0.29) is 11.7 Å². The molecule has 0 aliphatic carbocycles. The van der Waals surface area contributed by atoms with Crippen LogP contribution >= 0.6 is 0 Å². The third-order valence-electron chi connectivity index (χ3n) is 5.68. The summed E-state index contributed by atoms with van der Waals surface area (Å²) in [5, 5.41) is 11.0. The van der Waals surface area contributed by atoms with Crippen LogP contribution < -0.4 is 11.1 Å². The molecule has 4 N–H and O–H groups in total. The van der Waals surface area contributed by atoms with Gasteiger partial charge >= 0.3 is 5.97 Å². The van der Waals surface area contributed by atoms with E-state index in [1.54, 1.807) is 25.1 Å². The summed E-state index contributed by atoms with van der Waals surface area (Å²) in [5.74, 6) is 0.0391. The van der Waals surface area contributed by atoms with Crippen molar-refractivity contribution >= 4 is 17.7 Å². The second-order valence-electron chi connectivity index (χ2n) is 8.00. The van der Waals surface area contributed by atoms with Crippen LogP contribution in [0.15, 0.2) is 42.5 Å². The summed E-state index contributed by atoms with van der Waals surface area (Å²) >= 11 is 0. The fraction of sp³-hybridized carbons (Fsp3) is 0.375. The van der Waals surface area contributed by atoms with E-state index < -0.39 is 5.97 Å². The van der Waals surface area contributed by atoms with Crippen LogP contribution in [0.5, 0.6) is 0 Å². The molecule has 0 bridgehead atoms. The van der Waals surface area contributed by atoms with Crippen molar-refractivity contribution in [3.63, 3.8) is 0 Å². The van der Waals surface area contributed by atoms with Crippen molar-refractivity contribution in [2.45, 2.75) is 26.3 Å². The van der Waals surface area contributed by atoms with Crippen molar-refractivity contribution in [1.29, 1.82) is 5.41 Å². The number of piperidine rings is 1. The SMILES string of the molecule is COC(=O)c1cc(CN(CC2CCNCC2)C(C)=O)cc(-c2cccc(C(=N)N)c2)c1. The van der Waals surface area contributed by atoms with Gasteiger partial charge in [-0.2, -0.15) is 0 Å². The van der Waals surface area contributed by atoms with Gasteiger partial charge in [0.05, 0.1) is 12.7 Å². The number of esters is 1. The number of hydrogen-bond acceptors (Lipinski definition) is 5. The minimum Gasteiger partial charge on any atom is -0.465 e. The van der Waals surface area contributed by atoms with E-state index >= 15 is 0 Å². The second-order valence-corrected chi connectivity index (χ2v) is 8.00. The van der Waals surface area contributed by atoms with E-state index in [0.29, 0.717) is 30.1 Å². The zero-order chi connectivity index (χ0) is 22.4. The first-order chi connectivity index (χ1) is 14.9. The number of amidine groups is 1. The molecule has 31 heavy (non-hydrogen) atoms. The van der Waals surface area contributed by atoms with Crippen LogP contribution in [0.1, 0.15) is 41.3 Å². The van der Waals surface area contributed by atoms with Gasteiger partial charge in [0.25, 0.3) is 0 Å². The number of ether oxygens (including phenoxy) is 1. The van der Waals surface area contributed by atoms with Crippen molar-refractivity contribution in [3.8, 4) is 11.1 Å². The molecule has 3 rings (SSSR count). The molecule has 7 heteroatoms. The maximum absolute atomic E-state index is 12.4. The summed E-state index contributed by atoms with van der Waals surface area (Å²) in [4.78, 5) is 26.5. The van der Waals surface area contributed by atoms with Crippen molar-refractivity contribution in [1.82, 2.24) is 10.2 Å². The van der Waals surface area contributed by atoms with E-state index in [1.165, 1.54) is 7.11 Å². The number of rotatable bonds is 7. The molecule has 2 aromatic carbocycles. The lowest BCUT2D eigenvalue weighted by atomic mass is 9.96. The van der Waals surface area contributed by atoms with Gasteiger partial charge in [-0.15, -0.1) is 0 Å². The molecule has 1 aliphatic heterocycles. The van der Waals surface area contributed by atoms with E-state index in [2.05, 4.69) is 5.32 Å². The fourth-order valence-electron chi connectivity index (χ4n) is 3.95. The Bertz CT molecular complexity index is 967. The van der Waals surface area contributed by atoms with Crippen molar-refractivity contribution in [2.24, 2.45) is 11.7 Å². The topological polar surface area (TPSA) is 109 Å². The number of amides is 1. The Morgan fingerprint density at radius 2 is 1.84 bits per heavy atom. The second kappa shape index (κ2) is 10.2. The van der Waals surface area contributed by atoms with Gasteiger partial charge in [0.2, 0.25) is 5.91 Å². The largest absolute Gasteiger partial charge is 0.465 e. The van der Waals surface area contributed by atoms with Gasteiger partial charge in [-0.1, -0.05) is 18.2 Å². The molecule has 164 valence electrons. The Balaban J connectivity index is 1.93. The first kappa shape index (κ1) is 22.5. The third kappa shape index (κ3) is 5.92. The van der Waals surface area contributed by atoms with Gasteiger partial charge in [0.1, 0.15) is 5.84 Å². The van der Waals surface area contributed by atoms with Crippen LogP contribution in [0, 0.1) is 11.3 Å². The maximum Gasteiger partial charge on any atom is 0.337 e. The first-order valence-electron chi connectivity index (χ1n) is 10.5. The van der Waals surface area contributed by atoms with E-state index in [4.69, 9.17) is 15.9 Å². The Hall–Kier alpha value is -3.19. The predicted molar refractivity (Wildman–Crippen MR) is 121 cm³/mol. The molecule has 0 radical (unpaired) electrons. The Labute approximate surface area is 183 Å². The smallest absolute Gasteiger partial charge is 0.337 e. The van der Waals surface area contributed by atoms with Gasteiger partial charge in [0, 0.05) is 25.6 Å². The summed E-state index contributed by atoms with van der Waals surface area (Å²) < 4.78 is 4.94. The van der Waals surface area contributed by atoms with Gasteiger partial charge in [0.15, 0.2) is 0 Å². The van der Waals surface area contributed by atoms with Gasteiger partial charge in [-0.3, -0.25) is 10.2 Å². The highest BCUT2D eigenvalue weighted by atomic mass is 16.5. The predicted octanol–water partition coefficient (Wildman–Crippen LogP) is 2.77. The molecule has 1 saturated heterocycles. The number of carbonyl (C=O) groups is 2. The number of nitrogen functional groups attached to an aromatic ring is 1. The Kier molecular flexibility index (Phi) is 7.41. The van der Waals surface area contributed by atoms with Crippen LogP contribution in [0.2, 0.25) is 0 Å². The Morgan fingerprint density at radius 1 is 1.13 bits per heavy atom. The third-order valence-corrected chi connectivity index (χ3v) is 5.68. The van der Waals surface area contributed by atoms with Crippen LogP contribution in [-0.2, 0) is 16.1 Å². The molecule has 0 unspecified atom stereocenters. The molecule has 0 spiro atoms. The van der Waals surface area contributed by atoms with Crippen molar-refractivity contribution < 1.29 is 14.3 Å². The lowest BCUT2D eigenvalue weighted by Gasteiger charge is -2.29. The zero-order valence-corrected chi connectivity index (χ0v) is 18.1. The molecule has 1 heterocycles. The first-order valence-corrected chi connectivity index (χ1v) is 10.5. The number of hydrogen-bond donors (Lipinski definition) is 3.